The quantitative estimate of drug-likeness (QED) is 0.439. The number of benzene rings is 2. The van der Waals surface area contributed by atoms with Crippen LogP contribution in [0.1, 0.15) is 61.2 Å². The molecular weight excluding hydrogens is 567 g/mol. The van der Waals surface area contributed by atoms with Crippen molar-refractivity contribution < 1.29 is 42.1 Å². The van der Waals surface area contributed by atoms with E-state index in [0.29, 0.717) is 48.2 Å². The minimum absolute atomic E-state index is 0.0580. The van der Waals surface area contributed by atoms with E-state index >= 15 is 0 Å². The number of nitrogens with one attached hydrogen (secondary N) is 1. The van der Waals surface area contributed by atoms with Crippen LogP contribution in [0.3, 0.4) is 0 Å². The van der Waals surface area contributed by atoms with Crippen LogP contribution in [0.25, 0.3) is 0 Å². The lowest BCUT2D eigenvalue weighted by Crippen LogP contribution is -2.48. The van der Waals surface area contributed by atoms with Crippen LogP contribution in [-0.4, -0.2) is 84.4 Å². The molecule has 2 aromatic carbocycles. The summed E-state index contributed by atoms with van der Waals surface area (Å²) in [7, 11) is 1.70. The van der Waals surface area contributed by atoms with Gasteiger partial charge in [0.15, 0.2) is 6.29 Å². The summed E-state index contributed by atoms with van der Waals surface area (Å²) in [4.78, 5) is 27.8. The molecule has 3 aliphatic heterocycles. The van der Waals surface area contributed by atoms with Crippen molar-refractivity contribution >= 4 is 17.5 Å². The molecule has 5 atom stereocenters. The van der Waals surface area contributed by atoms with Crippen molar-refractivity contribution in [3.8, 4) is 0 Å². The van der Waals surface area contributed by atoms with Gasteiger partial charge in [-0.2, -0.15) is 13.2 Å². The lowest BCUT2D eigenvalue weighted by molar-refractivity contribution is -0.253. The largest absolute Gasteiger partial charge is 0.471 e. The highest BCUT2D eigenvalue weighted by Crippen LogP contribution is 2.39. The maximum absolute atomic E-state index is 13.1. The van der Waals surface area contributed by atoms with Gasteiger partial charge in [0.2, 0.25) is 5.91 Å². The number of carbonyl (C=O) groups is 2. The number of hydrogen-bond donors (Lipinski definition) is 2. The number of anilines is 1. The van der Waals surface area contributed by atoms with Gasteiger partial charge < -0.3 is 29.5 Å². The predicted octanol–water partition coefficient (Wildman–Crippen LogP) is 4.33. The van der Waals surface area contributed by atoms with Crippen molar-refractivity contribution in [1.29, 1.82) is 0 Å². The average molecular weight is 606 g/mol. The van der Waals surface area contributed by atoms with Gasteiger partial charge in [-0.15, -0.1) is 0 Å². The zero-order valence-corrected chi connectivity index (χ0v) is 24.1. The maximum atomic E-state index is 13.1. The molecular formula is C31H38F3N3O6. The number of nitrogens with zero attached hydrogens (tertiary/aromatic N) is 2. The zero-order valence-electron chi connectivity index (χ0n) is 24.1. The number of carbonyl (C=O) groups excluding carboxylic acids is 2. The molecule has 0 radical (unpaired) electrons. The molecule has 0 aliphatic carbocycles. The van der Waals surface area contributed by atoms with Crippen molar-refractivity contribution in [2.24, 2.45) is 0 Å². The van der Waals surface area contributed by atoms with Crippen LogP contribution >= 0.6 is 0 Å². The number of likely N-dealkylation sites (tertiary alicyclic amines) is 2. The molecule has 5 rings (SSSR count). The van der Waals surface area contributed by atoms with Crippen molar-refractivity contribution in [1.82, 2.24) is 9.80 Å². The molecule has 3 saturated heterocycles. The van der Waals surface area contributed by atoms with Crippen molar-refractivity contribution in [2.75, 3.05) is 38.7 Å². The topological polar surface area (TPSA) is 101 Å². The van der Waals surface area contributed by atoms with E-state index in [1.54, 1.807) is 25.3 Å². The third-order valence-corrected chi connectivity index (χ3v) is 8.40. The van der Waals surface area contributed by atoms with Gasteiger partial charge in [-0.1, -0.05) is 36.4 Å². The van der Waals surface area contributed by atoms with Crippen LogP contribution in [0.4, 0.5) is 18.9 Å². The number of alkyl halides is 3. The van der Waals surface area contributed by atoms with Gasteiger partial charge in [0.05, 0.1) is 25.4 Å². The molecule has 2 aromatic rings. The predicted molar refractivity (Wildman–Crippen MR) is 151 cm³/mol. The van der Waals surface area contributed by atoms with Crippen LogP contribution in [0.5, 0.6) is 0 Å². The van der Waals surface area contributed by atoms with Crippen molar-refractivity contribution in [3.05, 3.63) is 65.2 Å². The third kappa shape index (κ3) is 7.55. The Morgan fingerprint density at radius 3 is 2.53 bits per heavy atom. The molecule has 43 heavy (non-hydrogen) atoms. The first-order chi connectivity index (χ1) is 20.7. The van der Waals surface area contributed by atoms with Crippen LogP contribution in [0, 0.1) is 0 Å². The van der Waals surface area contributed by atoms with E-state index in [2.05, 4.69) is 10.2 Å². The average Bonchev–Trinajstić information content (AvgIpc) is 3.66. The number of halogens is 3. The van der Waals surface area contributed by atoms with Gasteiger partial charge in [0.25, 0.3) is 0 Å². The van der Waals surface area contributed by atoms with E-state index in [-0.39, 0.29) is 31.8 Å². The standard InChI is InChI=1S/C31H38F3N3O6/c1-41-19-24-7-3-13-36(24)17-25-16-27(21-11-9-20(18-38)10-12-21)43-29(42-25)22-5-2-6-23(15-22)35-28(39)26-8-4-14-37(26)30(40)31(32,33)34/h2,5-6,9-12,15,24-27,29,38H,3-4,7-8,13-14,16-19H2,1H3,(H,35,39)/t24-,25+,26-,27-,29-/m0/s1. The summed E-state index contributed by atoms with van der Waals surface area (Å²) in [5.74, 6) is -2.67. The van der Waals surface area contributed by atoms with Gasteiger partial charge in [-0.25, -0.2) is 0 Å². The molecule has 0 unspecified atom stereocenters. The summed E-state index contributed by atoms with van der Waals surface area (Å²) >= 11 is 0. The van der Waals surface area contributed by atoms with E-state index in [1.165, 1.54) is 0 Å². The fraction of sp³-hybridized carbons (Fsp3) is 0.548. The van der Waals surface area contributed by atoms with Gasteiger partial charge in [0, 0.05) is 43.9 Å². The fourth-order valence-corrected chi connectivity index (χ4v) is 6.24. The Morgan fingerprint density at radius 1 is 1.05 bits per heavy atom. The summed E-state index contributed by atoms with van der Waals surface area (Å²) in [5, 5.41) is 12.2. The Morgan fingerprint density at radius 2 is 1.81 bits per heavy atom. The monoisotopic (exact) mass is 605 g/mol. The first kappa shape index (κ1) is 31.4. The molecule has 234 valence electrons. The minimum atomic E-state index is -5.04. The number of rotatable bonds is 9. The van der Waals surface area contributed by atoms with E-state index < -0.39 is 30.3 Å². The Labute approximate surface area is 248 Å². The second kappa shape index (κ2) is 13.7. The highest BCUT2D eigenvalue weighted by molar-refractivity contribution is 5.98. The second-order valence-corrected chi connectivity index (χ2v) is 11.4. The highest BCUT2D eigenvalue weighted by atomic mass is 19.4. The molecule has 3 fully saturated rings. The molecule has 0 bridgehead atoms. The van der Waals surface area contributed by atoms with Crippen LogP contribution < -0.4 is 5.32 Å². The van der Waals surface area contributed by atoms with Crippen LogP contribution in [0.2, 0.25) is 0 Å². The lowest BCUT2D eigenvalue weighted by Gasteiger charge is -2.39. The van der Waals surface area contributed by atoms with Crippen LogP contribution in [0.15, 0.2) is 48.5 Å². The maximum Gasteiger partial charge on any atom is 0.471 e. The molecule has 12 heteroatoms. The number of aliphatic hydroxyl groups excluding tert-OH is 1. The molecule has 2 N–H and O–H groups in total. The lowest BCUT2D eigenvalue weighted by atomic mass is 9.99. The Balaban J connectivity index is 1.33. The normalized spacial score (nSPS) is 26.5. The summed E-state index contributed by atoms with van der Waals surface area (Å²) in [5.41, 5.74) is 2.76. The van der Waals surface area contributed by atoms with E-state index in [1.807, 2.05) is 30.3 Å². The molecule has 0 aromatic heterocycles. The minimum Gasteiger partial charge on any atom is -0.392 e. The number of aliphatic hydroxyl groups is 1. The van der Waals surface area contributed by atoms with E-state index in [4.69, 9.17) is 14.2 Å². The molecule has 0 spiro atoms. The molecule has 9 nitrogen and oxygen atoms in total. The first-order valence-electron chi connectivity index (χ1n) is 14.7. The molecule has 0 saturated carbocycles. The van der Waals surface area contributed by atoms with Gasteiger partial charge >= 0.3 is 12.1 Å². The Bertz CT molecular complexity index is 1260. The van der Waals surface area contributed by atoms with Gasteiger partial charge in [-0.3, -0.25) is 14.5 Å². The van der Waals surface area contributed by atoms with E-state index in [9.17, 15) is 27.9 Å². The molecule has 2 amide bonds. The fourth-order valence-electron chi connectivity index (χ4n) is 6.24. The molecule has 3 aliphatic rings. The van der Waals surface area contributed by atoms with Gasteiger partial charge in [0.1, 0.15) is 6.04 Å². The van der Waals surface area contributed by atoms with Crippen LogP contribution in [-0.2, 0) is 30.4 Å². The van der Waals surface area contributed by atoms with Crippen molar-refractivity contribution in [3.63, 3.8) is 0 Å². The number of amides is 2. The smallest absolute Gasteiger partial charge is 0.392 e. The number of ether oxygens (including phenoxy) is 3. The van der Waals surface area contributed by atoms with Crippen molar-refractivity contribution in [2.45, 2.75) is 75.5 Å². The summed E-state index contributed by atoms with van der Waals surface area (Å²) in [6.45, 7) is 2.11. The number of hydrogen-bond acceptors (Lipinski definition) is 7. The number of methoxy groups -OCH3 is 1. The van der Waals surface area contributed by atoms with E-state index in [0.717, 1.165) is 30.5 Å². The third-order valence-electron chi connectivity index (χ3n) is 8.40. The second-order valence-electron chi connectivity index (χ2n) is 11.4. The molecule has 3 heterocycles. The SMILES string of the molecule is COC[C@@H]1CCCN1C[C@H]1C[C@@H](c2ccc(CO)cc2)O[C@@H](c2cccc(NC(=O)[C@@H]3CCCN3C(=O)C(F)(F)F)c2)O1. The first-order valence-corrected chi connectivity index (χ1v) is 14.7. The summed E-state index contributed by atoms with van der Waals surface area (Å²) in [6, 6.07) is 13.6. The Hall–Kier alpha value is -3.03. The Kier molecular flexibility index (Phi) is 10.0. The summed E-state index contributed by atoms with van der Waals surface area (Å²) < 4.78 is 57.5. The summed E-state index contributed by atoms with van der Waals surface area (Å²) in [6.07, 6.45) is -3.04. The van der Waals surface area contributed by atoms with Gasteiger partial charge in [-0.05, 0) is 55.5 Å². The highest BCUT2D eigenvalue weighted by Gasteiger charge is 2.47. The zero-order chi connectivity index (χ0) is 30.6.